The van der Waals surface area contributed by atoms with E-state index >= 15 is 0 Å². The lowest BCUT2D eigenvalue weighted by Gasteiger charge is -2.04. The third kappa shape index (κ3) is 4.42. The Bertz CT molecular complexity index is 708. The van der Waals surface area contributed by atoms with Crippen molar-refractivity contribution in [3.63, 3.8) is 0 Å². The molecule has 0 aliphatic rings. The Balaban J connectivity index is 0.000000541. The number of hydrogen-bond acceptors (Lipinski definition) is 5. The number of aromatic amines is 1. The maximum Gasteiger partial charge on any atom is 0.472 e. The molecule has 2 rings (SSSR count). The number of benzene rings is 1. The second-order valence-corrected chi connectivity index (χ2v) is 4.20. The van der Waals surface area contributed by atoms with E-state index in [2.05, 4.69) is 4.98 Å². The molecule has 0 bridgehead atoms. The quantitative estimate of drug-likeness (QED) is 0.400. The molecular formula is C11H13N4O7+. The highest BCUT2D eigenvalue weighted by Crippen LogP contribution is 2.23. The molecule has 0 saturated heterocycles. The third-order valence-corrected chi connectivity index (χ3v) is 2.72. The topological polar surface area (TPSA) is 183 Å². The molecule has 2 aromatic rings. The highest BCUT2D eigenvalue weighted by Gasteiger charge is 2.16. The molecule has 11 heteroatoms. The number of non-ortho nitro benzene ring substituents is 1. The average molecular weight is 313 g/mol. The van der Waals surface area contributed by atoms with Gasteiger partial charge in [0.1, 0.15) is 10.9 Å². The summed E-state index contributed by atoms with van der Waals surface area (Å²) >= 11 is 0. The minimum absolute atomic E-state index is 0.0153. The van der Waals surface area contributed by atoms with E-state index in [4.69, 9.17) is 26.2 Å². The van der Waals surface area contributed by atoms with E-state index in [0.717, 1.165) is 10.9 Å². The molecular weight excluding hydrogens is 300 g/mol. The number of carbonyl (C=O) groups is 1. The Hall–Kier alpha value is -3.21. The molecule has 0 saturated carbocycles. The predicted molar refractivity (Wildman–Crippen MR) is 71.5 cm³/mol. The van der Waals surface area contributed by atoms with Gasteiger partial charge in [0.15, 0.2) is 0 Å². The van der Waals surface area contributed by atoms with Crippen molar-refractivity contribution < 1.29 is 30.3 Å². The minimum atomic E-state index is -1.25. The van der Waals surface area contributed by atoms with Crippen molar-refractivity contribution >= 4 is 22.6 Å². The van der Waals surface area contributed by atoms with Crippen LogP contribution >= 0.6 is 0 Å². The minimum Gasteiger partial charge on any atom is -0.480 e. The Morgan fingerprint density at radius 3 is 2.45 bits per heavy atom. The first-order chi connectivity index (χ1) is 10.2. The van der Waals surface area contributed by atoms with Crippen LogP contribution < -0.4 is 5.73 Å². The van der Waals surface area contributed by atoms with Crippen LogP contribution in [-0.4, -0.2) is 42.5 Å². The molecule has 0 amide bonds. The lowest BCUT2D eigenvalue weighted by Crippen LogP contribution is -2.32. The molecule has 0 aliphatic heterocycles. The highest BCUT2D eigenvalue weighted by molar-refractivity contribution is 5.86. The van der Waals surface area contributed by atoms with Gasteiger partial charge in [0, 0.05) is 30.1 Å². The molecule has 22 heavy (non-hydrogen) atoms. The first-order valence-corrected chi connectivity index (χ1v) is 5.80. The van der Waals surface area contributed by atoms with Gasteiger partial charge in [0.25, 0.3) is 5.69 Å². The monoisotopic (exact) mass is 313 g/mol. The van der Waals surface area contributed by atoms with Crippen molar-refractivity contribution in [2.24, 2.45) is 5.73 Å². The zero-order chi connectivity index (χ0) is 16.9. The van der Waals surface area contributed by atoms with Gasteiger partial charge in [0.2, 0.25) is 0 Å². The molecule has 0 fully saturated rings. The Kier molecular flexibility index (Phi) is 5.35. The van der Waals surface area contributed by atoms with Gasteiger partial charge in [-0.2, -0.15) is 0 Å². The standard InChI is InChI=1S/C11H11N3O4.H2NO3/c12-9(11(15)16)3-6-5-13-10-4-7(14(17)18)1-2-8(6)10;2-1(3)4/h1-2,4-5,9,13H,3,12H2,(H,15,16);(H2,2,3,4)/q;+1. The number of nitro benzene ring substituents is 1. The van der Waals surface area contributed by atoms with Crippen LogP contribution in [0.25, 0.3) is 10.9 Å². The van der Waals surface area contributed by atoms with E-state index in [1.165, 1.54) is 12.1 Å². The molecule has 1 heterocycles. The summed E-state index contributed by atoms with van der Waals surface area (Å²) in [6.07, 6.45) is 1.80. The highest BCUT2D eigenvalue weighted by atomic mass is 16.9. The van der Waals surface area contributed by atoms with Gasteiger partial charge in [0.05, 0.1) is 10.4 Å². The Morgan fingerprint density at radius 2 is 1.95 bits per heavy atom. The number of hydrogen-bond donors (Lipinski definition) is 5. The Labute approximate surface area is 122 Å². The van der Waals surface area contributed by atoms with Crippen LogP contribution in [0.4, 0.5) is 5.69 Å². The molecule has 0 spiro atoms. The van der Waals surface area contributed by atoms with Crippen LogP contribution in [0.2, 0.25) is 0 Å². The van der Waals surface area contributed by atoms with E-state index < -0.39 is 22.0 Å². The fourth-order valence-electron chi connectivity index (χ4n) is 1.78. The molecule has 1 aromatic carbocycles. The summed E-state index contributed by atoms with van der Waals surface area (Å²) in [4.78, 5) is 32.2. The summed E-state index contributed by atoms with van der Waals surface area (Å²) in [5, 5.41) is 32.6. The van der Waals surface area contributed by atoms with Crippen molar-refractivity contribution in [3.05, 3.63) is 45.0 Å². The van der Waals surface area contributed by atoms with E-state index in [-0.39, 0.29) is 12.1 Å². The summed E-state index contributed by atoms with van der Waals surface area (Å²) in [6.45, 7) is 0. The number of nitrogens with zero attached hydrogens (tertiary/aromatic N) is 2. The van der Waals surface area contributed by atoms with Gasteiger partial charge < -0.3 is 15.8 Å². The number of H-pyrrole nitrogens is 1. The van der Waals surface area contributed by atoms with Crippen molar-refractivity contribution in [2.75, 3.05) is 0 Å². The van der Waals surface area contributed by atoms with Gasteiger partial charge >= 0.3 is 11.1 Å². The predicted octanol–water partition coefficient (Wildman–Crippen LogP) is 0.574. The zero-order valence-corrected chi connectivity index (χ0v) is 11.0. The van der Waals surface area contributed by atoms with Gasteiger partial charge in [-0.15, -0.1) is 0 Å². The molecule has 118 valence electrons. The molecule has 1 aromatic heterocycles. The van der Waals surface area contributed by atoms with Crippen molar-refractivity contribution in [3.8, 4) is 0 Å². The normalized spacial score (nSPS) is 11.3. The van der Waals surface area contributed by atoms with Crippen molar-refractivity contribution in [1.82, 2.24) is 4.98 Å². The van der Waals surface area contributed by atoms with Gasteiger partial charge in [-0.1, -0.05) is 0 Å². The van der Waals surface area contributed by atoms with E-state index in [0.29, 0.717) is 5.52 Å². The fourth-order valence-corrected chi connectivity index (χ4v) is 1.78. The van der Waals surface area contributed by atoms with Crippen LogP contribution in [0.3, 0.4) is 0 Å². The number of carboxylic acid groups (broad SMARTS) is 1. The van der Waals surface area contributed by atoms with Crippen LogP contribution in [0.15, 0.2) is 24.4 Å². The molecule has 1 atom stereocenters. The van der Waals surface area contributed by atoms with Crippen molar-refractivity contribution in [2.45, 2.75) is 12.5 Å². The van der Waals surface area contributed by atoms with Gasteiger partial charge in [-0.05, 0) is 11.6 Å². The number of aromatic nitrogens is 1. The van der Waals surface area contributed by atoms with E-state index in [1.54, 1.807) is 12.3 Å². The largest absolute Gasteiger partial charge is 0.480 e. The van der Waals surface area contributed by atoms with Gasteiger partial charge in [-0.3, -0.25) is 14.9 Å². The second kappa shape index (κ2) is 6.99. The summed E-state index contributed by atoms with van der Waals surface area (Å²) in [5.74, 6) is -1.08. The number of fused-ring (bicyclic) bond motifs is 1. The fraction of sp³-hybridized carbons (Fsp3) is 0.182. The number of rotatable bonds is 4. The molecule has 1 unspecified atom stereocenters. The number of nitrogens with one attached hydrogen (secondary N) is 1. The number of nitro groups is 1. The van der Waals surface area contributed by atoms with Crippen LogP contribution in [0.5, 0.6) is 0 Å². The lowest BCUT2D eigenvalue weighted by molar-refractivity contribution is -0.969. The maximum atomic E-state index is 10.7. The maximum absolute atomic E-state index is 10.7. The van der Waals surface area contributed by atoms with E-state index in [1.807, 2.05) is 0 Å². The van der Waals surface area contributed by atoms with Gasteiger partial charge in [-0.25, -0.2) is 10.4 Å². The lowest BCUT2D eigenvalue weighted by atomic mass is 10.1. The smallest absolute Gasteiger partial charge is 0.472 e. The van der Waals surface area contributed by atoms with Crippen molar-refractivity contribution in [1.29, 1.82) is 0 Å². The Morgan fingerprint density at radius 1 is 1.36 bits per heavy atom. The number of carboxylic acids is 1. The van der Waals surface area contributed by atoms with Crippen LogP contribution in [-0.2, 0) is 11.2 Å². The third-order valence-electron chi connectivity index (χ3n) is 2.72. The number of nitrogens with two attached hydrogens (primary N) is 1. The molecule has 11 nitrogen and oxygen atoms in total. The first-order valence-electron chi connectivity index (χ1n) is 5.80. The van der Waals surface area contributed by atoms with E-state index in [9.17, 15) is 14.9 Å². The summed E-state index contributed by atoms with van der Waals surface area (Å²) in [6, 6.07) is 3.39. The first kappa shape index (κ1) is 16.8. The summed E-state index contributed by atoms with van der Waals surface area (Å²) in [7, 11) is 0. The molecule has 0 aliphatic carbocycles. The summed E-state index contributed by atoms with van der Waals surface area (Å²) in [5.41, 5.74) is 6.77. The molecule has 6 N–H and O–H groups in total. The zero-order valence-electron chi connectivity index (χ0n) is 11.0. The SMILES string of the molecule is NC(Cc1c[nH]c2cc([N+](=O)[O-])ccc12)C(=O)O.O=[N+](O)O. The average Bonchev–Trinajstić information content (AvgIpc) is 2.80. The molecule has 0 radical (unpaired) electrons. The van der Waals surface area contributed by atoms with Crippen LogP contribution in [0.1, 0.15) is 5.56 Å². The number of aliphatic carboxylic acids is 1. The second-order valence-electron chi connectivity index (χ2n) is 4.20. The summed E-state index contributed by atoms with van der Waals surface area (Å²) < 4.78 is 0. The van der Waals surface area contributed by atoms with Crippen LogP contribution in [0, 0.1) is 15.0 Å².